The van der Waals surface area contributed by atoms with E-state index in [1.54, 1.807) is 6.07 Å². The molecular weight excluding hydrogens is 440 g/mol. The van der Waals surface area contributed by atoms with Gasteiger partial charge in [0, 0.05) is 16.6 Å². The molecule has 32 heavy (non-hydrogen) atoms. The van der Waals surface area contributed by atoms with Crippen molar-refractivity contribution in [3.63, 3.8) is 0 Å². The van der Waals surface area contributed by atoms with Crippen molar-refractivity contribution in [2.24, 2.45) is 5.92 Å². The average molecular weight is 465 g/mol. The summed E-state index contributed by atoms with van der Waals surface area (Å²) in [6.45, 7) is 2.02. The minimum atomic E-state index is -3.70. The van der Waals surface area contributed by atoms with Gasteiger partial charge in [-0.05, 0) is 71.8 Å². The van der Waals surface area contributed by atoms with Gasteiger partial charge in [0.05, 0.1) is 16.6 Å². The molecule has 0 spiro atoms. The van der Waals surface area contributed by atoms with Crippen LogP contribution in [-0.2, 0) is 16.4 Å². The molecule has 1 heterocycles. The number of anilines is 2. The molecule has 2 N–H and O–H groups in total. The highest BCUT2D eigenvalue weighted by atomic mass is 35.5. The molecule has 0 aromatic heterocycles. The minimum Gasteiger partial charge on any atom is -0.378 e. The summed E-state index contributed by atoms with van der Waals surface area (Å²) in [7, 11) is -3.70. The third-order valence-corrected chi connectivity index (χ3v) is 8.13. The molecule has 0 fully saturated rings. The SMILES string of the molecule is CCc1ccccc1NS(=O)(=O)c1ccc2c(c1)[C@H]1C=CC[C@H]1[C@@H](c1ccc(Cl)cc1)N2. The van der Waals surface area contributed by atoms with Crippen LogP contribution in [0, 0.1) is 5.92 Å². The van der Waals surface area contributed by atoms with E-state index in [1.165, 1.54) is 5.56 Å². The van der Waals surface area contributed by atoms with E-state index in [9.17, 15) is 8.42 Å². The Morgan fingerprint density at radius 2 is 1.84 bits per heavy atom. The predicted molar refractivity (Wildman–Crippen MR) is 131 cm³/mol. The van der Waals surface area contributed by atoms with Crippen LogP contribution in [0.2, 0.25) is 5.02 Å². The zero-order valence-corrected chi connectivity index (χ0v) is 19.3. The lowest BCUT2D eigenvalue weighted by molar-refractivity contribution is 0.425. The quantitative estimate of drug-likeness (QED) is 0.422. The molecule has 4 nitrogen and oxygen atoms in total. The fourth-order valence-corrected chi connectivity index (χ4v) is 6.13. The molecule has 164 valence electrons. The van der Waals surface area contributed by atoms with E-state index in [0.717, 1.165) is 34.7 Å². The monoisotopic (exact) mass is 464 g/mol. The molecule has 3 aromatic rings. The topological polar surface area (TPSA) is 58.2 Å². The molecule has 1 aliphatic carbocycles. The number of sulfonamides is 1. The summed E-state index contributed by atoms with van der Waals surface area (Å²) in [5.41, 5.74) is 4.80. The first-order valence-electron chi connectivity index (χ1n) is 10.9. The molecule has 0 bridgehead atoms. The van der Waals surface area contributed by atoms with Gasteiger partial charge in [-0.1, -0.05) is 61.0 Å². The van der Waals surface area contributed by atoms with Crippen molar-refractivity contribution < 1.29 is 8.42 Å². The van der Waals surface area contributed by atoms with Crippen LogP contribution in [-0.4, -0.2) is 8.42 Å². The Morgan fingerprint density at radius 3 is 2.62 bits per heavy atom. The average Bonchev–Trinajstić information content (AvgIpc) is 3.29. The fourth-order valence-electron chi connectivity index (χ4n) is 4.87. The molecule has 6 heteroatoms. The van der Waals surface area contributed by atoms with E-state index in [4.69, 9.17) is 11.6 Å². The van der Waals surface area contributed by atoms with Crippen LogP contribution in [0.15, 0.2) is 83.8 Å². The van der Waals surface area contributed by atoms with Crippen molar-refractivity contribution in [1.82, 2.24) is 0 Å². The van der Waals surface area contributed by atoms with Crippen molar-refractivity contribution in [2.75, 3.05) is 10.0 Å². The largest absolute Gasteiger partial charge is 0.378 e. The van der Waals surface area contributed by atoms with E-state index in [2.05, 4.69) is 34.3 Å². The van der Waals surface area contributed by atoms with Gasteiger partial charge in [0.2, 0.25) is 0 Å². The molecule has 2 aliphatic rings. The maximum absolute atomic E-state index is 13.2. The molecule has 0 amide bonds. The van der Waals surface area contributed by atoms with Gasteiger partial charge < -0.3 is 5.32 Å². The lowest BCUT2D eigenvalue weighted by Crippen LogP contribution is -2.29. The van der Waals surface area contributed by atoms with Crippen LogP contribution in [0.5, 0.6) is 0 Å². The third-order valence-electron chi connectivity index (χ3n) is 6.52. The van der Waals surface area contributed by atoms with Crippen LogP contribution in [0.1, 0.15) is 42.0 Å². The molecule has 3 aromatic carbocycles. The summed E-state index contributed by atoms with van der Waals surface area (Å²) >= 11 is 6.08. The summed E-state index contributed by atoms with van der Waals surface area (Å²) in [6.07, 6.45) is 6.12. The molecule has 0 unspecified atom stereocenters. The second kappa shape index (κ2) is 8.30. The fraction of sp³-hybridized carbons (Fsp3) is 0.231. The number of hydrogen-bond acceptors (Lipinski definition) is 3. The van der Waals surface area contributed by atoms with Gasteiger partial charge >= 0.3 is 0 Å². The third kappa shape index (κ3) is 3.80. The number of allylic oxidation sites excluding steroid dienone is 2. The molecule has 0 radical (unpaired) electrons. The van der Waals surface area contributed by atoms with Crippen LogP contribution < -0.4 is 10.0 Å². The van der Waals surface area contributed by atoms with Gasteiger partial charge in [-0.25, -0.2) is 8.42 Å². The number of rotatable bonds is 5. The highest BCUT2D eigenvalue weighted by Crippen LogP contribution is 2.50. The van der Waals surface area contributed by atoms with Crippen molar-refractivity contribution >= 4 is 33.0 Å². The van der Waals surface area contributed by atoms with Crippen LogP contribution >= 0.6 is 11.6 Å². The maximum atomic E-state index is 13.2. The van der Waals surface area contributed by atoms with Crippen LogP contribution in [0.3, 0.4) is 0 Å². The second-order valence-corrected chi connectivity index (χ2v) is 10.5. The van der Waals surface area contributed by atoms with Crippen molar-refractivity contribution in [3.8, 4) is 0 Å². The smallest absolute Gasteiger partial charge is 0.261 e. The Balaban J connectivity index is 1.49. The van der Waals surface area contributed by atoms with Gasteiger partial charge in [0.15, 0.2) is 0 Å². The minimum absolute atomic E-state index is 0.150. The zero-order chi connectivity index (χ0) is 22.3. The summed E-state index contributed by atoms with van der Waals surface area (Å²) in [4.78, 5) is 0.285. The van der Waals surface area contributed by atoms with Gasteiger partial charge in [-0.3, -0.25) is 4.72 Å². The molecular formula is C26H25ClN2O2S. The number of halogens is 1. The van der Waals surface area contributed by atoms with Gasteiger partial charge in [-0.2, -0.15) is 0 Å². The van der Waals surface area contributed by atoms with E-state index < -0.39 is 10.0 Å². The zero-order valence-electron chi connectivity index (χ0n) is 17.8. The van der Waals surface area contributed by atoms with Crippen LogP contribution in [0.4, 0.5) is 11.4 Å². The van der Waals surface area contributed by atoms with Crippen molar-refractivity contribution in [1.29, 1.82) is 0 Å². The highest BCUT2D eigenvalue weighted by molar-refractivity contribution is 7.92. The Bertz CT molecular complexity index is 1290. The molecule has 3 atom stereocenters. The first kappa shape index (κ1) is 21.1. The lowest BCUT2D eigenvalue weighted by atomic mass is 9.77. The Labute approximate surface area is 194 Å². The number of benzene rings is 3. The molecule has 1 aliphatic heterocycles. The molecule has 0 saturated carbocycles. The Kier molecular flexibility index (Phi) is 5.48. The first-order valence-corrected chi connectivity index (χ1v) is 12.8. The predicted octanol–water partition coefficient (Wildman–Crippen LogP) is 6.53. The standard InChI is InChI=1S/C26H25ClN2O2S/c1-2-17-6-3-4-9-24(17)29-32(30,31)20-14-15-25-23(16-20)21-7-5-8-22(21)26(28-25)18-10-12-19(27)13-11-18/h3-7,9-16,21-22,26,28-29H,2,8H2,1H3/t21-,22+,26+/m0/s1. The number of nitrogens with one attached hydrogen (secondary N) is 2. The number of para-hydroxylation sites is 1. The van der Waals surface area contributed by atoms with Gasteiger partial charge in [0.1, 0.15) is 0 Å². The normalized spacial score (nSPS) is 21.5. The van der Waals surface area contributed by atoms with Gasteiger partial charge in [-0.15, -0.1) is 0 Å². The lowest BCUT2D eigenvalue weighted by Gasteiger charge is -2.37. The number of fused-ring (bicyclic) bond motifs is 3. The highest BCUT2D eigenvalue weighted by Gasteiger charge is 2.38. The van der Waals surface area contributed by atoms with E-state index >= 15 is 0 Å². The molecule has 5 rings (SSSR count). The first-order chi connectivity index (χ1) is 15.5. The summed E-state index contributed by atoms with van der Waals surface area (Å²) in [5, 5.41) is 4.37. The second-order valence-electron chi connectivity index (χ2n) is 8.39. The maximum Gasteiger partial charge on any atom is 0.261 e. The van der Waals surface area contributed by atoms with Crippen molar-refractivity contribution in [2.45, 2.75) is 36.6 Å². The van der Waals surface area contributed by atoms with E-state index in [1.807, 2.05) is 55.5 Å². The van der Waals surface area contributed by atoms with E-state index in [0.29, 0.717) is 11.6 Å². The summed E-state index contributed by atoms with van der Waals surface area (Å²) in [6, 6.07) is 21.0. The summed E-state index contributed by atoms with van der Waals surface area (Å²) in [5.74, 6) is 0.500. The van der Waals surface area contributed by atoms with Crippen molar-refractivity contribution in [3.05, 3.63) is 101 Å². The Morgan fingerprint density at radius 1 is 1.06 bits per heavy atom. The van der Waals surface area contributed by atoms with E-state index in [-0.39, 0.29) is 16.9 Å². The molecule has 0 saturated heterocycles. The van der Waals surface area contributed by atoms with Crippen LogP contribution in [0.25, 0.3) is 0 Å². The summed E-state index contributed by atoms with van der Waals surface area (Å²) < 4.78 is 29.2. The Hall–Kier alpha value is -2.76. The van der Waals surface area contributed by atoms with Gasteiger partial charge in [0.25, 0.3) is 10.0 Å². The number of hydrogen-bond donors (Lipinski definition) is 2. The number of aryl methyl sites for hydroxylation is 1.